The molecule has 158 valence electrons. The minimum Gasteiger partial charge on any atom is -0.465 e. The van der Waals surface area contributed by atoms with Gasteiger partial charge in [-0.3, -0.25) is 4.79 Å². The Bertz CT molecular complexity index is 1230. The molecular formula is C24H16ClN3O4. The Morgan fingerprint density at radius 1 is 0.969 bits per heavy atom. The van der Waals surface area contributed by atoms with Crippen LogP contribution in [0.2, 0.25) is 5.02 Å². The van der Waals surface area contributed by atoms with Crippen molar-refractivity contribution in [3.63, 3.8) is 0 Å². The number of hydrogen-bond acceptors (Lipinski definition) is 6. The summed E-state index contributed by atoms with van der Waals surface area (Å²) in [5.41, 5.74) is 2.18. The number of methoxy groups -OCH3 is 1. The third kappa shape index (κ3) is 5.63. The molecule has 0 bridgehead atoms. The molecule has 32 heavy (non-hydrogen) atoms. The van der Waals surface area contributed by atoms with Crippen molar-refractivity contribution in [2.75, 3.05) is 12.4 Å². The van der Waals surface area contributed by atoms with Crippen LogP contribution in [0.25, 0.3) is 0 Å². The van der Waals surface area contributed by atoms with Crippen molar-refractivity contribution in [1.29, 1.82) is 10.5 Å². The molecular weight excluding hydrogens is 430 g/mol. The average molecular weight is 446 g/mol. The summed E-state index contributed by atoms with van der Waals surface area (Å²) in [4.78, 5) is 23.8. The molecule has 3 rings (SSSR count). The number of carbonyl (C=O) groups excluding carboxylic acids is 2. The van der Waals surface area contributed by atoms with Crippen LogP contribution in [0.15, 0.2) is 60.7 Å². The maximum absolute atomic E-state index is 12.3. The van der Waals surface area contributed by atoms with Crippen molar-refractivity contribution >= 4 is 29.2 Å². The summed E-state index contributed by atoms with van der Waals surface area (Å²) >= 11 is 6.30. The molecule has 0 unspecified atom stereocenters. The van der Waals surface area contributed by atoms with E-state index in [-0.39, 0.29) is 17.4 Å². The van der Waals surface area contributed by atoms with Gasteiger partial charge in [0, 0.05) is 5.69 Å². The highest BCUT2D eigenvalue weighted by molar-refractivity contribution is 6.32. The molecule has 0 aliphatic heterocycles. The number of anilines is 1. The Hall–Kier alpha value is -4.33. The molecule has 0 aromatic heterocycles. The van der Waals surface area contributed by atoms with Crippen molar-refractivity contribution in [2.24, 2.45) is 0 Å². The minimum atomic E-state index is -0.456. The van der Waals surface area contributed by atoms with Gasteiger partial charge >= 0.3 is 5.97 Å². The summed E-state index contributed by atoms with van der Waals surface area (Å²) in [6.45, 7) is 0. The summed E-state index contributed by atoms with van der Waals surface area (Å²) in [6, 6.07) is 19.7. The summed E-state index contributed by atoms with van der Waals surface area (Å²) in [6.07, 6.45) is 0.0707. The molecule has 0 aliphatic carbocycles. The lowest BCUT2D eigenvalue weighted by Gasteiger charge is -2.10. The molecule has 0 aliphatic rings. The lowest BCUT2D eigenvalue weighted by molar-refractivity contribution is -0.115. The number of nitrogens with zero attached hydrogens (tertiary/aromatic N) is 2. The van der Waals surface area contributed by atoms with E-state index in [4.69, 9.17) is 26.9 Å². The van der Waals surface area contributed by atoms with E-state index in [1.807, 2.05) is 12.1 Å². The standard InChI is InChI=1S/C24H16ClN3O4/c1-31-24(30)18-3-5-19(6-4-18)28-23(29)12-15-2-7-22(21(25)11-15)32-20-9-16(13-26)8-17(10-20)14-27/h2-11H,12H2,1H3,(H,28,29). The van der Waals surface area contributed by atoms with Gasteiger partial charge in [0.25, 0.3) is 0 Å². The number of rotatable bonds is 6. The fourth-order valence-electron chi connectivity index (χ4n) is 2.85. The largest absolute Gasteiger partial charge is 0.465 e. The highest BCUT2D eigenvalue weighted by atomic mass is 35.5. The van der Waals surface area contributed by atoms with Crippen molar-refractivity contribution in [1.82, 2.24) is 0 Å². The molecule has 3 aromatic rings. The highest BCUT2D eigenvalue weighted by Gasteiger charge is 2.11. The highest BCUT2D eigenvalue weighted by Crippen LogP contribution is 2.31. The van der Waals surface area contributed by atoms with Crippen molar-refractivity contribution < 1.29 is 19.1 Å². The van der Waals surface area contributed by atoms with Gasteiger partial charge in [-0.15, -0.1) is 0 Å². The molecule has 8 heteroatoms. The molecule has 1 N–H and O–H groups in total. The lowest BCUT2D eigenvalue weighted by Crippen LogP contribution is -2.14. The number of ether oxygens (including phenoxy) is 2. The van der Waals surface area contributed by atoms with Gasteiger partial charge in [-0.25, -0.2) is 4.79 Å². The number of nitriles is 2. The number of amides is 1. The van der Waals surface area contributed by atoms with E-state index in [2.05, 4.69) is 10.1 Å². The fourth-order valence-corrected chi connectivity index (χ4v) is 3.09. The Labute approximate surface area is 189 Å². The zero-order chi connectivity index (χ0) is 23.1. The maximum Gasteiger partial charge on any atom is 0.337 e. The van der Waals surface area contributed by atoms with Gasteiger partial charge in [0.05, 0.1) is 47.4 Å². The summed E-state index contributed by atoms with van der Waals surface area (Å²) in [7, 11) is 1.30. The Morgan fingerprint density at radius 2 is 1.62 bits per heavy atom. The van der Waals surface area contributed by atoms with E-state index in [0.717, 1.165) is 0 Å². The van der Waals surface area contributed by atoms with E-state index < -0.39 is 5.97 Å². The van der Waals surface area contributed by atoms with Crippen molar-refractivity contribution in [3.8, 4) is 23.6 Å². The number of halogens is 1. The Kier molecular flexibility index (Phi) is 7.07. The van der Waals surface area contributed by atoms with Crippen LogP contribution in [0.3, 0.4) is 0 Å². The van der Waals surface area contributed by atoms with Gasteiger partial charge in [0.1, 0.15) is 11.5 Å². The molecule has 0 saturated heterocycles. The van der Waals surface area contributed by atoms with Crippen LogP contribution in [0.5, 0.6) is 11.5 Å². The summed E-state index contributed by atoms with van der Waals surface area (Å²) in [5, 5.41) is 21.2. The van der Waals surface area contributed by atoms with Crippen LogP contribution >= 0.6 is 11.6 Å². The number of carbonyl (C=O) groups is 2. The van der Waals surface area contributed by atoms with Crippen molar-refractivity contribution in [2.45, 2.75) is 6.42 Å². The SMILES string of the molecule is COC(=O)c1ccc(NC(=O)Cc2ccc(Oc3cc(C#N)cc(C#N)c3)c(Cl)c2)cc1. The Morgan fingerprint density at radius 3 is 2.19 bits per heavy atom. The van der Waals surface area contributed by atoms with E-state index in [0.29, 0.717) is 39.4 Å². The summed E-state index contributed by atoms with van der Waals surface area (Å²) < 4.78 is 10.4. The van der Waals surface area contributed by atoms with Gasteiger partial charge in [0.2, 0.25) is 5.91 Å². The van der Waals surface area contributed by atoms with Gasteiger partial charge in [0.15, 0.2) is 0 Å². The van der Waals surface area contributed by atoms with Crippen LogP contribution < -0.4 is 10.1 Å². The van der Waals surface area contributed by atoms with Crippen LogP contribution in [0, 0.1) is 22.7 Å². The van der Waals surface area contributed by atoms with Gasteiger partial charge in [-0.1, -0.05) is 17.7 Å². The smallest absolute Gasteiger partial charge is 0.337 e. The first-order chi connectivity index (χ1) is 15.4. The monoisotopic (exact) mass is 445 g/mol. The van der Waals surface area contributed by atoms with Gasteiger partial charge in [-0.05, 0) is 60.2 Å². The average Bonchev–Trinajstić information content (AvgIpc) is 2.80. The zero-order valence-corrected chi connectivity index (χ0v) is 17.6. The third-order valence-electron chi connectivity index (χ3n) is 4.34. The Balaban J connectivity index is 1.66. The second-order valence-electron chi connectivity index (χ2n) is 6.63. The molecule has 0 fully saturated rings. The number of nitrogens with one attached hydrogen (secondary N) is 1. The molecule has 0 heterocycles. The second-order valence-corrected chi connectivity index (χ2v) is 7.04. The first-order valence-corrected chi connectivity index (χ1v) is 9.69. The topological polar surface area (TPSA) is 112 Å². The molecule has 1 amide bonds. The lowest BCUT2D eigenvalue weighted by atomic mass is 10.1. The van der Waals surface area contributed by atoms with E-state index in [1.165, 1.54) is 25.3 Å². The molecule has 0 spiro atoms. The first-order valence-electron chi connectivity index (χ1n) is 9.31. The fraction of sp³-hybridized carbons (Fsp3) is 0.0833. The van der Waals surface area contributed by atoms with Crippen molar-refractivity contribution in [3.05, 3.63) is 87.9 Å². The molecule has 0 atom stereocenters. The molecule has 0 saturated carbocycles. The number of hydrogen-bond donors (Lipinski definition) is 1. The van der Waals surface area contributed by atoms with Gasteiger partial charge < -0.3 is 14.8 Å². The summed E-state index contributed by atoms with van der Waals surface area (Å²) in [5.74, 6) is -0.0828. The third-order valence-corrected chi connectivity index (χ3v) is 4.64. The predicted octanol–water partition coefficient (Wildman–Crippen LogP) is 4.84. The van der Waals surface area contributed by atoms with Gasteiger partial charge in [-0.2, -0.15) is 10.5 Å². The van der Waals surface area contributed by atoms with E-state index in [1.54, 1.807) is 42.5 Å². The predicted molar refractivity (Wildman–Crippen MR) is 118 cm³/mol. The molecule has 3 aromatic carbocycles. The number of esters is 1. The maximum atomic E-state index is 12.3. The second kappa shape index (κ2) is 10.1. The van der Waals surface area contributed by atoms with Crippen LogP contribution in [0.1, 0.15) is 27.0 Å². The normalized spacial score (nSPS) is 9.88. The van der Waals surface area contributed by atoms with Crippen LogP contribution in [0.4, 0.5) is 5.69 Å². The minimum absolute atomic E-state index is 0.0707. The zero-order valence-electron chi connectivity index (χ0n) is 16.9. The number of benzene rings is 3. The molecule has 0 radical (unpaired) electrons. The first kappa shape index (κ1) is 22.4. The van der Waals surface area contributed by atoms with E-state index >= 15 is 0 Å². The van der Waals surface area contributed by atoms with E-state index in [9.17, 15) is 9.59 Å². The van der Waals surface area contributed by atoms with Crippen LogP contribution in [-0.2, 0) is 16.0 Å². The molecule has 7 nitrogen and oxygen atoms in total. The van der Waals surface area contributed by atoms with Crippen LogP contribution in [-0.4, -0.2) is 19.0 Å². The quantitative estimate of drug-likeness (QED) is 0.543.